The van der Waals surface area contributed by atoms with Crippen LogP contribution in [0, 0.1) is 5.82 Å². The van der Waals surface area contributed by atoms with Crippen LogP contribution in [0.2, 0.25) is 0 Å². The first kappa shape index (κ1) is 18.4. The summed E-state index contributed by atoms with van der Waals surface area (Å²) in [6, 6.07) is 14.9. The van der Waals surface area contributed by atoms with E-state index < -0.39 is 5.82 Å². The topological polar surface area (TPSA) is 63.2 Å². The van der Waals surface area contributed by atoms with Crippen LogP contribution in [0.1, 0.15) is 24.2 Å². The summed E-state index contributed by atoms with van der Waals surface area (Å²) in [5.74, 6) is -0.0753. The molecule has 0 aliphatic rings. The Morgan fingerprint density at radius 1 is 1.04 bits per heavy atom. The molecule has 5 nitrogen and oxygen atoms in total. The minimum Gasteiger partial charge on any atom is -0.489 e. The molecule has 0 saturated carbocycles. The van der Waals surface area contributed by atoms with Gasteiger partial charge in [-0.05, 0) is 50.2 Å². The molecule has 0 saturated heterocycles. The minimum absolute atomic E-state index is 0.0365. The van der Waals surface area contributed by atoms with Crippen molar-refractivity contribution in [3.63, 3.8) is 0 Å². The molecule has 2 N–H and O–H groups in total. The fourth-order valence-corrected chi connectivity index (χ4v) is 2.48. The van der Waals surface area contributed by atoms with Gasteiger partial charge in [-0.1, -0.05) is 18.2 Å². The molecule has 27 heavy (non-hydrogen) atoms. The van der Waals surface area contributed by atoms with Gasteiger partial charge in [0.05, 0.1) is 29.2 Å². The lowest BCUT2D eigenvalue weighted by Crippen LogP contribution is -2.12. The Bertz CT molecular complexity index is 944. The molecular weight excluding hydrogens is 345 g/mol. The molecule has 0 unspecified atom stereocenters. The number of pyridine rings is 1. The lowest BCUT2D eigenvalue weighted by atomic mass is 10.2. The smallest absolute Gasteiger partial charge is 0.257 e. The second-order valence-corrected chi connectivity index (χ2v) is 6.21. The quantitative estimate of drug-likeness (QED) is 0.645. The summed E-state index contributed by atoms with van der Waals surface area (Å²) in [5.41, 5.74) is 2.15. The van der Waals surface area contributed by atoms with Crippen LogP contribution in [0.5, 0.6) is 5.75 Å². The van der Waals surface area contributed by atoms with Crippen LogP contribution in [0.4, 0.5) is 21.5 Å². The van der Waals surface area contributed by atoms with Crippen molar-refractivity contribution in [3.8, 4) is 5.75 Å². The van der Waals surface area contributed by atoms with E-state index in [1.54, 1.807) is 18.3 Å². The SMILES string of the molecule is CC(C)Oc1ccccc1Nc1cncc(C(=O)Nc2cccc(F)c2)c1. The molecule has 3 rings (SSSR count). The average Bonchev–Trinajstić information content (AvgIpc) is 2.63. The Labute approximate surface area is 157 Å². The number of carbonyl (C=O) groups excluding carboxylic acids is 1. The number of anilines is 3. The van der Waals surface area contributed by atoms with Gasteiger partial charge in [0.1, 0.15) is 11.6 Å². The van der Waals surface area contributed by atoms with Crippen LogP contribution in [0.25, 0.3) is 0 Å². The van der Waals surface area contributed by atoms with Crippen molar-refractivity contribution in [3.05, 3.63) is 78.4 Å². The number of benzene rings is 2. The van der Waals surface area contributed by atoms with Crippen molar-refractivity contribution in [1.82, 2.24) is 4.98 Å². The number of para-hydroxylation sites is 2. The molecule has 2 aromatic carbocycles. The maximum absolute atomic E-state index is 13.3. The fraction of sp³-hybridized carbons (Fsp3) is 0.143. The van der Waals surface area contributed by atoms with E-state index >= 15 is 0 Å². The number of carbonyl (C=O) groups is 1. The molecule has 0 fully saturated rings. The number of hydrogen-bond acceptors (Lipinski definition) is 4. The predicted molar refractivity (Wildman–Crippen MR) is 104 cm³/mol. The second-order valence-electron chi connectivity index (χ2n) is 6.21. The lowest BCUT2D eigenvalue weighted by Gasteiger charge is -2.15. The molecule has 6 heteroatoms. The molecular formula is C21H20FN3O2. The van der Waals surface area contributed by atoms with E-state index in [0.29, 0.717) is 22.7 Å². The summed E-state index contributed by atoms with van der Waals surface area (Å²) in [7, 11) is 0. The molecule has 1 aromatic heterocycles. The average molecular weight is 365 g/mol. The normalized spacial score (nSPS) is 10.5. The van der Waals surface area contributed by atoms with Crippen molar-refractivity contribution in [2.45, 2.75) is 20.0 Å². The highest BCUT2D eigenvalue weighted by Crippen LogP contribution is 2.28. The van der Waals surface area contributed by atoms with E-state index in [9.17, 15) is 9.18 Å². The molecule has 1 heterocycles. The zero-order valence-electron chi connectivity index (χ0n) is 15.1. The third-order valence-corrected chi connectivity index (χ3v) is 3.61. The van der Waals surface area contributed by atoms with E-state index in [0.717, 1.165) is 5.69 Å². The largest absolute Gasteiger partial charge is 0.489 e. The molecule has 138 valence electrons. The number of rotatable bonds is 6. The van der Waals surface area contributed by atoms with E-state index in [-0.39, 0.29) is 12.0 Å². The van der Waals surface area contributed by atoms with Gasteiger partial charge in [-0.3, -0.25) is 9.78 Å². The number of nitrogens with one attached hydrogen (secondary N) is 2. The van der Waals surface area contributed by atoms with Gasteiger partial charge >= 0.3 is 0 Å². The molecule has 0 spiro atoms. The van der Waals surface area contributed by atoms with Gasteiger partial charge in [-0.25, -0.2) is 4.39 Å². The van der Waals surface area contributed by atoms with Gasteiger partial charge in [0.25, 0.3) is 5.91 Å². The number of halogens is 1. The molecule has 3 aromatic rings. The van der Waals surface area contributed by atoms with Crippen molar-refractivity contribution in [2.24, 2.45) is 0 Å². The van der Waals surface area contributed by atoms with Gasteiger partial charge in [-0.15, -0.1) is 0 Å². The Morgan fingerprint density at radius 2 is 1.85 bits per heavy atom. The van der Waals surface area contributed by atoms with Crippen LogP contribution >= 0.6 is 0 Å². The standard InChI is InChI=1S/C21H20FN3O2/c1-14(2)27-20-9-4-3-8-19(20)24-18-10-15(12-23-13-18)21(26)25-17-7-5-6-16(22)11-17/h3-14,24H,1-2H3,(H,25,26). The van der Waals surface area contributed by atoms with Crippen LogP contribution in [0.3, 0.4) is 0 Å². The highest BCUT2D eigenvalue weighted by molar-refractivity contribution is 6.04. The van der Waals surface area contributed by atoms with E-state index in [2.05, 4.69) is 15.6 Å². The number of ether oxygens (including phenoxy) is 1. The maximum atomic E-state index is 13.3. The third kappa shape index (κ3) is 5.04. The van der Waals surface area contributed by atoms with Crippen molar-refractivity contribution < 1.29 is 13.9 Å². The summed E-state index contributed by atoms with van der Waals surface area (Å²) >= 11 is 0. The van der Waals surface area contributed by atoms with Gasteiger partial charge in [0.2, 0.25) is 0 Å². The Balaban J connectivity index is 1.77. The molecule has 0 aliphatic carbocycles. The van der Waals surface area contributed by atoms with E-state index in [1.165, 1.54) is 24.4 Å². The van der Waals surface area contributed by atoms with Gasteiger partial charge < -0.3 is 15.4 Å². The summed E-state index contributed by atoms with van der Waals surface area (Å²) in [4.78, 5) is 16.5. The first-order valence-electron chi connectivity index (χ1n) is 8.56. The summed E-state index contributed by atoms with van der Waals surface area (Å²) in [6.45, 7) is 3.91. The van der Waals surface area contributed by atoms with Gasteiger partial charge in [-0.2, -0.15) is 0 Å². The number of amides is 1. The first-order chi connectivity index (χ1) is 13.0. The zero-order chi connectivity index (χ0) is 19.2. The minimum atomic E-state index is -0.414. The molecule has 1 amide bonds. The highest BCUT2D eigenvalue weighted by Gasteiger charge is 2.10. The maximum Gasteiger partial charge on any atom is 0.257 e. The molecule has 0 aliphatic heterocycles. The van der Waals surface area contributed by atoms with Gasteiger partial charge in [0, 0.05) is 11.9 Å². The number of hydrogen-bond donors (Lipinski definition) is 2. The Morgan fingerprint density at radius 3 is 2.63 bits per heavy atom. The van der Waals surface area contributed by atoms with Crippen molar-refractivity contribution in [2.75, 3.05) is 10.6 Å². The van der Waals surface area contributed by atoms with Crippen molar-refractivity contribution in [1.29, 1.82) is 0 Å². The monoisotopic (exact) mass is 365 g/mol. The fourth-order valence-electron chi connectivity index (χ4n) is 2.48. The van der Waals surface area contributed by atoms with Crippen LogP contribution in [-0.4, -0.2) is 17.0 Å². The van der Waals surface area contributed by atoms with Crippen molar-refractivity contribution >= 4 is 23.0 Å². The highest BCUT2D eigenvalue weighted by atomic mass is 19.1. The predicted octanol–water partition coefficient (Wildman–Crippen LogP) is 5.00. The third-order valence-electron chi connectivity index (χ3n) is 3.61. The lowest BCUT2D eigenvalue weighted by molar-refractivity contribution is 0.102. The van der Waals surface area contributed by atoms with Crippen LogP contribution < -0.4 is 15.4 Å². The zero-order valence-corrected chi connectivity index (χ0v) is 15.1. The Hall–Kier alpha value is -3.41. The summed E-state index contributed by atoms with van der Waals surface area (Å²) in [5, 5.41) is 5.87. The Kier molecular flexibility index (Phi) is 5.66. The van der Waals surface area contributed by atoms with E-state index in [1.807, 2.05) is 38.1 Å². The molecule has 0 radical (unpaired) electrons. The number of nitrogens with zero attached hydrogens (tertiary/aromatic N) is 1. The molecule has 0 atom stereocenters. The van der Waals surface area contributed by atoms with Crippen LogP contribution in [0.15, 0.2) is 67.0 Å². The second kappa shape index (κ2) is 8.31. The van der Waals surface area contributed by atoms with Crippen LogP contribution in [-0.2, 0) is 0 Å². The first-order valence-corrected chi connectivity index (χ1v) is 8.56. The number of aromatic nitrogens is 1. The molecule has 0 bridgehead atoms. The van der Waals surface area contributed by atoms with Gasteiger partial charge in [0.15, 0.2) is 0 Å². The van der Waals surface area contributed by atoms with E-state index in [4.69, 9.17) is 4.74 Å². The summed E-state index contributed by atoms with van der Waals surface area (Å²) < 4.78 is 19.1. The summed E-state index contributed by atoms with van der Waals surface area (Å²) in [6.07, 6.45) is 3.11.